The van der Waals surface area contributed by atoms with Gasteiger partial charge >= 0.3 is 5.69 Å². The normalized spacial score (nSPS) is 10.7. The van der Waals surface area contributed by atoms with Crippen LogP contribution < -0.4 is 5.43 Å². The zero-order valence-electron chi connectivity index (χ0n) is 10.2. The SMILES string of the molecule is O=[N+]([O-])c1ccc(N/N=C/c2ccc(Br)s2)c([N+](=O)[O-])c1. The molecule has 0 saturated carbocycles. The number of nitro groups is 2. The fourth-order valence-corrected chi connectivity index (χ4v) is 2.74. The lowest BCUT2D eigenvalue weighted by atomic mass is 10.2. The molecule has 1 aromatic carbocycles. The van der Waals surface area contributed by atoms with Crippen LogP contribution in [0.4, 0.5) is 17.1 Å². The summed E-state index contributed by atoms with van der Waals surface area (Å²) in [6, 6.07) is 6.98. The molecule has 0 radical (unpaired) electrons. The molecule has 1 heterocycles. The van der Waals surface area contributed by atoms with Gasteiger partial charge in [-0.05, 0) is 34.1 Å². The first-order valence-electron chi connectivity index (χ1n) is 5.44. The Labute approximate surface area is 130 Å². The minimum atomic E-state index is -0.702. The molecule has 0 fully saturated rings. The van der Waals surface area contributed by atoms with Crippen LogP contribution in [0.5, 0.6) is 0 Å². The van der Waals surface area contributed by atoms with Gasteiger partial charge in [0.2, 0.25) is 0 Å². The van der Waals surface area contributed by atoms with Gasteiger partial charge in [-0.1, -0.05) is 0 Å². The number of benzene rings is 1. The van der Waals surface area contributed by atoms with E-state index in [1.165, 1.54) is 29.7 Å². The number of nitro benzene ring substituents is 2. The first-order chi connectivity index (χ1) is 9.97. The van der Waals surface area contributed by atoms with Gasteiger partial charge in [0.05, 0.1) is 25.9 Å². The molecule has 1 N–H and O–H groups in total. The number of hydrazone groups is 1. The van der Waals surface area contributed by atoms with E-state index in [0.29, 0.717) is 0 Å². The summed E-state index contributed by atoms with van der Waals surface area (Å²) in [7, 11) is 0. The number of thiophene rings is 1. The van der Waals surface area contributed by atoms with Crippen LogP contribution in [0.2, 0.25) is 0 Å². The smallest absolute Gasteiger partial charge is 0.272 e. The molecular formula is C11H7BrN4O4S. The molecule has 8 nitrogen and oxygen atoms in total. The van der Waals surface area contributed by atoms with Gasteiger partial charge in [-0.3, -0.25) is 25.7 Å². The quantitative estimate of drug-likeness (QED) is 0.489. The number of non-ortho nitro benzene ring substituents is 1. The third kappa shape index (κ3) is 3.83. The van der Waals surface area contributed by atoms with Gasteiger partial charge in [-0.15, -0.1) is 11.3 Å². The van der Waals surface area contributed by atoms with Crippen molar-refractivity contribution in [2.75, 3.05) is 5.43 Å². The van der Waals surface area contributed by atoms with Crippen LogP contribution in [0.25, 0.3) is 0 Å². The fraction of sp³-hybridized carbons (Fsp3) is 0. The molecule has 0 saturated heterocycles. The molecule has 2 aromatic rings. The third-order valence-corrected chi connectivity index (χ3v) is 3.92. The van der Waals surface area contributed by atoms with E-state index in [0.717, 1.165) is 14.7 Å². The van der Waals surface area contributed by atoms with E-state index < -0.39 is 15.5 Å². The van der Waals surface area contributed by atoms with Crippen molar-refractivity contribution in [2.45, 2.75) is 0 Å². The van der Waals surface area contributed by atoms with Crippen molar-refractivity contribution in [3.63, 3.8) is 0 Å². The van der Waals surface area contributed by atoms with Crippen LogP contribution >= 0.6 is 27.3 Å². The Bertz CT molecular complexity index is 731. The van der Waals surface area contributed by atoms with Crippen LogP contribution in [0.15, 0.2) is 39.2 Å². The Hall–Kier alpha value is -2.33. The Morgan fingerprint density at radius 1 is 1.19 bits per heavy atom. The summed E-state index contributed by atoms with van der Waals surface area (Å²) in [5, 5.41) is 25.4. The van der Waals surface area contributed by atoms with Crippen molar-refractivity contribution >= 4 is 50.5 Å². The average molecular weight is 371 g/mol. The third-order valence-electron chi connectivity index (χ3n) is 2.36. The second-order valence-electron chi connectivity index (χ2n) is 3.73. The molecule has 0 spiro atoms. The van der Waals surface area contributed by atoms with Crippen molar-refractivity contribution in [1.82, 2.24) is 0 Å². The van der Waals surface area contributed by atoms with Crippen LogP contribution in [-0.2, 0) is 0 Å². The molecule has 0 unspecified atom stereocenters. The zero-order valence-corrected chi connectivity index (χ0v) is 12.6. The summed E-state index contributed by atoms with van der Waals surface area (Å²) in [5.74, 6) is 0. The molecule has 0 aliphatic carbocycles. The summed E-state index contributed by atoms with van der Waals surface area (Å²) in [6.45, 7) is 0. The van der Waals surface area contributed by atoms with E-state index in [4.69, 9.17) is 0 Å². The molecule has 0 amide bonds. The Morgan fingerprint density at radius 3 is 2.52 bits per heavy atom. The number of halogens is 1. The van der Waals surface area contributed by atoms with Gasteiger partial charge in [0, 0.05) is 10.9 Å². The summed E-state index contributed by atoms with van der Waals surface area (Å²) in [5.41, 5.74) is 1.84. The van der Waals surface area contributed by atoms with E-state index in [-0.39, 0.29) is 11.4 Å². The van der Waals surface area contributed by atoms with Crippen LogP contribution in [0, 0.1) is 20.2 Å². The second-order valence-corrected chi connectivity index (χ2v) is 6.22. The summed E-state index contributed by atoms with van der Waals surface area (Å²) in [6.07, 6.45) is 1.50. The molecule has 0 bridgehead atoms. The van der Waals surface area contributed by atoms with E-state index in [1.54, 1.807) is 0 Å². The second kappa shape index (κ2) is 6.41. The number of hydrogen-bond acceptors (Lipinski definition) is 7. The van der Waals surface area contributed by atoms with Crippen molar-refractivity contribution in [3.8, 4) is 0 Å². The maximum absolute atomic E-state index is 10.9. The van der Waals surface area contributed by atoms with Crippen LogP contribution in [-0.4, -0.2) is 16.1 Å². The molecule has 2 rings (SSSR count). The topological polar surface area (TPSA) is 111 Å². The number of nitrogens with zero attached hydrogens (tertiary/aromatic N) is 3. The van der Waals surface area contributed by atoms with Gasteiger partial charge in [-0.25, -0.2) is 0 Å². The summed E-state index contributed by atoms with van der Waals surface area (Å²) >= 11 is 4.75. The van der Waals surface area contributed by atoms with Crippen LogP contribution in [0.1, 0.15) is 4.88 Å². The Balaban J connectivity index is 2.21. The summed E-state index contributed by atoms with van der Waals surface area (Å²) in [4.78, 5) is 21.0. The first-order valence-corrected chi connectivity index (χ1v) is 7.05. The standard InChI is InChI=1S/C11H7BrN4O4S/c12-11-4-2-8(21-11)6-13-14-9-3-1-7(15(17)18)5-10(9)16(19)20/h1-6,14H/b13-6+. The highest BCUT2D eigenvalue weighted by Gasteiger charge is 2.18. The molecule has 108 valence electrons. The molecule has 0 aliphatic rings. The van der Waals surface area contributed by atoms with Crippen LogP contribution in [0.3, 0.4) is 0 Å². The molecule has 1 aromatic heterocycles. The lowest BCUT2D eigenvalue weighted by Crippen LogP contribution is -1.98. The van der Waals surface area contributed by atoms with Gasteiger partial charge < -0.3 is 0 Å². The van der Waals surface area contributed by atoms with E-state index >= 15 is 0 Å². The van der Waals surface area contributed by atoms with E-state index in [1.807, 2.05) is 12.1 Å². The van der Waals surface area contributed by atoms with Crippen molar-refractivity contribution in [2.24, 2.45) is 5.10 Å². The van der Waals surface area contributed by atoms with Gasteiger partial charge in [-0.2, -0.15) is 5.10 Å². The highest BCUT2D eigenvalue weighted by atomic mass is 79.9. The highest BCUT2D eigenvalue weighted by molar-refractivity contribution is 9.11. The Morgan fingerprint density at radius 2 is 1.95 bits per heavy atom. The molecule has 10 heteroatoms. The van der Waals surface area contributed by atoms with Gasteiger partial charge in [0.25, 0.3) is 5.69 Å². The van der Waals surface area contributed by atoms with E-state index in [9.17, 15) is 20.2 Å². The predicted octanol–water partition coefficient (Wildman–Crippen LogP) is 3.77. The zero-order chi connectivity index (χ0) is 15.4. The largest absolute Gasteiger partial charge is 0.301 e. The minimum Gasteiger partial charge on any atom is -0.272 e. The molecule has 0 atom stereocenters. The summed E-state index contributed by atoms with van der Waals surface area (Å²) < 4.78 is 0.935. The lowest BCUT2D eigenvalue weighted by molar-refractivity contribution is -0.393. The van der Waals surface area contributed by atoms with Crippen molar-refractivity contribution in [3.05, 3.63) is 59.2 Å². The number of rotatable bonds is 5. The van der Waals surface area contributed by atoms with Gasteiger partial charge in [0.15, 0.2) is 0 Å². The fourth-order valence-electron chi connectivity index (χ4n) is 1.44. The maximum Gasteiger partial charge on any atom is 0.301 e. The number of nitrogens with one attached hydrogen (secondary N) is 1. The molecule has 21 heavy (non-hydrogen) atoms. The maximum atomic E-state index is 10.9. The first kappa shape index (κ1) is 15.1. The predicted molar refractivity (Wildman–Crippen MR) is 83.0 cm³/mol. The average Bonchev–Trinajstić information content (AvgIpc) is 2.84. The minimum absolute atomic E-state index is 0.0810. The lowest BCUT2D eigenvalue weighted by Gasteiger charge is -2.01. The van der Waals surface area contributed by atoms with Gasteiger partial charge in [0.1, 0.15) is 5.69 Å². The number of anilines is 1. The highest BCUT2D eigenvalue weighted by Crippen LogP contribution is 2.29. The van der Waals surface area contributed by atoms with Crippen molar-refractivity contribution < 1.29 is 9.85 Å². The Kier molecular flexibility index (Phi) is 4.60. The number of hydrogen-bond donors (Lipinski definition) is 1. The van der Waals surface area contributed by atoms with Crippen molar-refractivity contribution in [1.29, 1.82) is 0 Å². The monoisotopic (exact) mass is 370 g/mol. The molecule has 0 aliphatic heterocycles. The molecular weight excluding hydrogens is 364 g/mol. The van der Waals surface area contributed by atoms with E-state index in [2.05, 4.69) is 26.5 Å².